The van der Waals surface area contributed by atoms with Crippen LogP contribution in [0.1, 0.15) is 62.6 Å². The number of sulfone groups is 1. The number of benzene rings is 2. The van der Waals surface area contributed by atoms with Gasteiger partial charge in [-0.3, -0.25) is 9.59 Å². The van der Waals surface area contributed by atoms with E-state index in [0.717, 1.165) is 0 Å². The lowest BCUT2D eigenvalue weighted by molar-refractivity contribution is -0.348. The molecule has 2 fully saturated rings. The molecule has 0 N–H and O–H groups in total. The summed E-state index contributed by atoms with van der Waals surface area (Å²) in [5.41, 5.74) is -9.15. The topological polar surface area (TPSA) is 80.8 Å². The molecule has 4 rings (SSSR count). The van der Waals surface area contributed by atoms with Gasteiger partial charge < -0.3 is 9.64 Å². The SMILES string of the molecule is COC(=O)C1CCC(C(=O)N2CCC(c3ccc(C(F)(C(F)(F)F)C(F)(F)F)cc3)(S(=O)(=O)c3cccc(CC(C)(C)F)c3)C2)CC1. The van der Waals surface area contributed by atoms with Gasteiger partial charge in [0.2, 0.25) is 5.91 Å². The lowest BCUT2D eigenvalue weighted by Crippen LogP contribution is -2.50. The number of amides is 1. The minimum atomic E-state index is -6.37. The predicted octanol–water partition coefficient (Wildman–Crippen LogP) is 7.15. The Morgan fingerprint density at radius 2 is 1.43 bits per heavy atom. The first-order valence-electron chi connectivity index (χ1n) is 14.9. The molecule has 260 valence electrons. The first-order valence-corrected chi connectivity index (χ1v) is 16.4. The smallest absolute Gasteiger partial charge is 0.435 e. The molecular formula is C32H35F8NO5S. The number of likely N-dealkylation sites (tertiary alicyclic amines) is 1. The van der Waals surface area contributed by atoms with E-state index in [2.05, 4.69) is 0 Å². The predicted molar refractivity (Wildman–Crippen MR) is 154 cm³/mol. The van der Waals surface area contributed by atoms with Crippen LogP contribution in [0.25, 0.3) is 0 Å². The minimum Gasteiger partial charge on any atom is -0.469 e. The number of carbonyl (C=O) groups is 2. The van der Waals surface area contributed by atoms with Crippen LogP contribution in [0.4, 0.5) is 35.1 Å². The summed E-state index contributed by atoms with van der Waals surface area (Å²) in [4.78, 5) is 26.5. The average Bonchev–Trinajstić information content (AvgIpc) is 3.46. The molecule has 0 spiro atoms. The molecule has 1 saturated heterocycles. The van der Waals surface area contributed by atoms with Crippen molar-refractivity contribution in [3.63, 3.8) is 0 Å². The molecule has 6 nitrogen and oxygen atoms in total. The van der Waals surface area contributed by atoms with Crippen LogP contribution in [0, 0.1) is 11.8 Å². The van der Waals surface area contributed by atoms with Crippen molar-refractivity contribution in [1.29, 1.82) is 0 Å². The number of ether oxygens (including phenoxy) is 1. The van der Waals surface area contributed by atoms with E-state index in [1.165, 1.54) is 50.1 Å². The van der Waals surface area contributed by atoms with Crippen molar-refractivity contribution < 1.29 is 57.9 Å². The minimum absolute atomic E-state index is 0.119. The third-order valence-electron chi connectivity index (χ3n) is 9.09. The maximum absolute atomic E-state index is 14.8. The van der Waals surface area contributed by atoms with Gasteiger partial charge in [0.1, 0.15) is 10.4 Å². The number of hydrogen-bond donors (Lipinski definition) is 0. The molecule has 1 atom stereocenters. The number of nitrogens with zero attached hydrogens (tertiary/aromatic N) is 1. The molecule has 0 bridgehead atoms. The molecule has 1 heterocycles. The highest BCUT2D eigenvalue weighted by molar-refractivity contribution is 7.92. The molecule has 1 saturated carbocycles. The van der Waals surface area contributed by atoms with Gasteiger partial charge in [-0.1, -0.05) is 36.4 Å². The van der Waals surface area contributed by atoms with Gasteiger partial charge in [0, 0.05) is 31.0 Å². The Morgan fingerprint density at radius 1 is 0.872 bits per heavy atom. The first kappa shape index (κ1) is 36.6. The lowest BCUT2D eigenvalue weighted by atomic mass is 9.81. The molecule has 2 aromatic rings. The van der Waals surface area contributed by atoms with E-state index in [9.17, 15) is 53.1 Å². The fraction of sp³-hybridized carbons (Fsp3) is 0.562. The largest absolute Gasteiger partial charge is 0.469 e. The van der Waals surface area contributed by atoms with Crippen LogP contribution >= 0.6 is 0 Å². The van der Waals surface area contributed by atoms with Gasteiger partial charge in [-0.25, -0.2) is 17.2 Å². The van der Waals surface area contributed by atoms with E-state index in [1.54, 1.807) is 0 Å². The molecular weight excluding hydrogens is 662 g/mol. The van der Waals surface area contributed by atoms with Crippen molar-refractivity contribution in [2.24, 2.45) is 11.8 Å². The van der Waals surface area contributed by atoms with Crippen molar-refractivity contribution in [1.82, 2.24) is 4.90 Å². The second-order valence-corrected chi connectivity index (χ2v) is 15.1. The lowest BCUT2D eigenvalue weighted by Gasteiger charge is -2.33. The quantitative estimate of drug-likeness (QED) is 0.216. The molecule has 2 aromatic carbocycles. The number of hydrogen-bond acceptors (Lipinski definition) is 5. The van der Waals surface area contributed by atoms with Gasteiger partial charge in [-0.2, -0.15) is 26.3 Å². The summed E-state index contributed by atoms with van der Waals surface area (Å²) in [6.45, 7) is 1.97. The number of rotatable bonds is 8. The molecule has 1 aliphatic carbocycles. The van der Waals surface area contributed by atoms with E-state index in [0.29, 0.717) is 43.4 Å². The van der Waals surface area contributed by atoms with Gasteiger partial charge in [0.15, 0.2) is 9.84 Å². The maximum Gasteiger partial charge on any atom is 0.435 e. The molecule has 0 aromatic heterocycles. The second kappa shape index (κ2) is 12.7. The molecule has 1 unspecified atom stereocenters. The number of carbonyl (C=O) groups excluding carboxylic acids is 2. The van der Waals surface area contributed by atoms with Crippen LogP contribution in [-0.4, -0.2) is 63.4 Å². The normalized spacial score (nSPS) is 23.1. The summed E-state index contributed by atoms with van der Waals surface area (Å²) >= 11 is 0. The van der Waals surface area contributed by atoms with Crippen molar-refractivity contribution in [2.45, 2.75) is 85.7 Å². The van der Waals surface area contributed by atoms with Crippen LogP contribution in [0.15, 0.2) is 53.4 Å². The molecule has 1 aliphatic heterocycles. The summed E-state index contributed by atoms with van der Waals surface area (Å²) in [6.07, 6.45) is -11.8. The van der Waals surface area contributed by atoms with E-state index >= 15 is 0 Å². The van der Waals surface area contributed by atoms with E-state index in [-0.39, 0.29) is 42.0 Å². The number of esters is 1. The standard InChI is InChI=1S/C32H35F8NO5S/c1-28(2,33)18-20-5-4-6-25(17-20)47(44,45)29(23-11-13-24(14-12-23)30(34,31(35,36)37)32(38,39)40)15-16-41(19-29)26(42)21-7-9-22(10-8-21)27(43)46-3/h4-6,11-14,17,21-22H,7-10,15-16,18-19H2,1-3H3. The number of alkyl halides is 8. The molecule has 2 aliphatic rings. The molecule has 0 radical (unpaired) electrons. The van der Waals surface area contributed by atoms with E-state index < -0.39 is 74.1 Å². The number of methoxy groups -OCH3 is 1. The average molecular weight is 698 g/mol. The Balaban J connectivity index is 1.76. The number of halogens is 8. The zero-order chi connectivity index (χ0) is 35.2. The van der Waals surface area contributed by atoms with Gasteiger partial charge in [0.05, 0.1) is 17.9 Å². The summed E-state index contributed by atoms with van der Waals surface area (Å²) < 4.78 is 142. The summed E-state index contributed by atoms with van der Waals surface area (Å²) in [5.74, 6) is -1.76. The molecule has 47 heavy (non-hydrogen) atoms. The molecule has 1 amide bonds. The van der Waals surface area contributed by atoms with Gasteiger partial charge >= 0.3 is 24.0 Å². The Bertz CT molecular complexity index is 1560. The van der Waals surface area contributed by atoms with Crippen LogP contribution in [0.2, 0.25) is 0 Å². The Hall–Kier alpha value is -3.23. The third kappa shape index (κ3) is 6.86. The Labute approximate surface area is 267 Å². The fourth-order valence-electron chi connectivity index (χ4n) is 6.61. The fourth-order valence-corrected chi connectivity index (χ4v) is 8.75. The first-order chi connectivity index (χ1) is 21.6. The van der Waals surface area contributed by atoms with Gasteiger partial charge in [0.25, 0.3) is 0 Å². The Morgan fingerprint density at radius 3 is 1.94 bits per heavy atom. The zero-order valence-electron chi connectivity index (χ0n) is 25.9. The van der Waals surface area contributed by atoms with E-state index in [4.69, 9.17) is 4.74 Å². The highest BCUT2D eigenvalue weighted by Crippen LogP contribution is 2.54. The molecule has 15 heteroatoms. The third-order valence-corrected chi connectivity index (χ3v) is 11.6. The van der Waals surface area contributed by atoms with Crippen molar-refractivity contribution in [3.8, 4) is 0 Å². The van der Waals surface area contributed by atoms with Crippen LogP contribution in [0.3, 0.4) is 0 Å². The van der Waals surface area contributed by atoms with E-state index in [1.807, 2.05) is 0 Å². The Kier molecular flexibility index (Phi) is 9.86. The summed E-state index contributed by atoms with van der Waals surface area (Å²) in [7, 11) is -3.32. The summed E-state index contributed by atoms with van der Waals surface area (Å²) in [5, 5.41) is 0. The second-order valence-electron chi connectivity index (χ2n) is 12.9. The van der Waals surface area contributed by atoms with Gasteiger partial charge in [-0.05, 0) is 69.2 Å². The van der Waals surface area contributed by atoms with Crippen LogP contribution in [0.5, 0.6) is 0 Å². The zero-order valence-corrected chi connectivity index (χ0v) is 26.7. The van der Waals surface area contributed by atoms with Crippen molar-refractivity contribution in [2.75, 3.05) is 20.2 Å². The maximum atomic E-state index is 14.8. The monoisotopic (exact) mass is 697 g/mol. The summed E-state index contributed by atoms with van der Waals surface area (Å²) in [6, 6.07) is 7.30. The van der Waals surface area contributed by atoms with Crippen molar-refractivity contribution in [3.05, 3.63) is 65.2 Å². The highest BCUT2D eigenvalue weighted by atomic mass is 32.2. The van der Waals surface area contributed by atoms with Crippen molar-refractivity contribution >= 4 is 21.7 Å². The van der Waals surface area contributed by atoms with Crippen LogP contribution < -0.4 is 0 Å². The highest BCUT2D eigenvalue weighted by Gasteiger charge is 2.73. The van der Waals surface area contributed by atoms with Crippen LogP contribution in [-0.2, 0) is 41.0 Å². The van der Waals surface area contributed by atoms with Gasteiger partial charge in [-0.15, -0.1) is 0 Å².